The van der Waals surface area contributed by atoms with Gasteiger partial charge < -0.3 is 9.64 Å². The van der Waals surface area contributed by atoms with Crippen molar-refractivity contribution in [2.24, 2.45) is 0 Å². The zero-order chi connectivity index (χ0) is 17.9. The number of carbonyl (C=O) groups excluding carboxylic acids is 2. The zero-order valence-corrected chi connectivity index (χ0v) is 15.2. The summed E-state index contributed by atoms with van der Waals surface area (Å²) >= 11 is 1.27. The first-order valence-electron chi connectivity index (χ1n) is 7.83. The first kappa shape index (κ1) is 18.4. The number of benzene rings is 1. The Balaban J connectivity index is 1.92. The molecule has 0 bridgehead atoms. The summed E-state index contributed by atoms with van der Waals surface area (Å²) in [4.78, 5) is 26.1. The van der Waals surface area contributed by atoms with Crippen LogP contribution in [-0.2, 0) is 9.53 Å². The number of esters is 1. The van der Waals surface area contributed by atoms with Gasteiger partial charge in [0.25, 0.3) is 5.91 Å². The van der Waals surface area contributed by atoms with Crippen molar-refractivity contribution in [1.82, 2.24) is 4.90 Å². The van der Waals surface area contributed by atoms with E-state index in [0.29, 0.717) is 23.2 Å². The molecule has 0 aliphatic rings. The van der Waals surface area contributed by atoms with Crippen molar-refractivity contribution >= 4 is 33.3 Å². The van der Waals surface area contributed by atoms with Gasteiger partial charge in [0.1, 0.15) is 11.4 Å². The Hall–Kier alpha value is -1.95. The number of hydrogen-bond donors (Lipinski definition) is 0. The van der Waals surface area contributed by atoms with Gasteiger partial charge in [-0.05, 0) is 45.4 Å². The average Bonchev–Trinajstić information content (AvgIpc) is 2.90. The summed E-state index contributed by atoms with van der Waals surface area (Å²) in [5, 5.41) is 0.466. The highest BCUT2D eigenvalue weighted by Gasteiger charge is 2.18. The van der Waals surface area contributed by atoms with Gasteiger partial charge in [-0.2, -0.15) is 0 Å². The maximum atomic E-state index is 13.7. The fourth-order valence-corrected chi connectivity index (χ4v) is 3.34. The molecule has 2 rings (SSSR count). The second-order valence-corrected chi connectivity index (χ2v) is 7.76. The Kier molecular flexibility index (Phi) is 5.59. The highest BCUT2D eigenvalue weighted by molar-refractivity contribution is 7.20. The van der Waals surface area contributed by atoms with Crippen molar-refractivity contribution in [3.05, 3.63) is 35.0 Å². The minimum absolute atomic E-state index is 0.167. The number of nitrogens with zero attached hydrogens (tertiary/aromatic N) is 1. The monoisotopic (exact) mass is 351 g/mol. The van der Waals surface area contributed by atoms with Gasteiger partial charge in [0.15, 0.2) is 0 Å². The molecule has 0 unspecified atom stereocenters. The molecule has 1 amide bonds. The predicted molar refractivity (Wildman–Crippen MR) is 93.8 cm³/mol. The van der Waals surface area contributed by atoms with Crippen LogP contribution in [0.3, 0.4) is 0 Å². The van der Waals surface area contributed by atoms with Crippen LogP contribution in [-0.4, -0.2) is 36.0 Å². The second-order valence-electron chi connectivity index (χ2n) is 6.68. The lowest BCUT2D eigenvalue weighted by atomic mass is 10.2. The maximum Gasteiger partial charge on any atom is 0.306 e. The van der Waals surface area contributed by atoms with Crippen LogP contribution in [0.25, 0.3) is 10.1 Å². The molecule has 4 nitrogen and oxygen atoms in total. The topological polar surface area (TPSA) is 46.6 Å². The molecule has 1 aromatic carbocycles. The number of hydrogen-bond acceptors (Lipinski definition) is 4. The summed E-state index contributed by atoms with van der Waals surface area (Å²) in [7, 11) is 1.68. The Morgan fingerprint density at radius 3 is 2.62 bits per heavy atom. The van der Waals surface area contributed by atoms with Crippen LogP contribution in [0.4, 0.5) is 4.39 Å². The standard InChI is InChI=1S/C18H22FNO3S/c1-18(2,3)23-16(21)9-6-10-20(4)17(22)15-11-12-13(19)7-5-8-14(12)24-15/h5,7-8,11H,6,9-10H2,1-4H3. The van der Waals surface area contributed by atoms with E-state index in [4.69, 9.17) is 4.74 Å². The predicted octanol–water partition coefficient (Wildman–Crippen LogP) is 4.23. The number of rotatable bonds is 5. The molecule has 0 aliphatic carbocycles. The van der Waals surface area contributed by atoms with E-state index in [9.17, 15) is 14.0 Å². The van der Waals surface area contributed by atoms with Gasteiger partial charge in [0.2, 0.25) is 0 Å². The highest BCUT2D eigenvalue weighted by Crippen LogP contribution is 2.28. The second kappa shape index (κ2) is 7.30. The molecule has 0 saturated carbocycles. The quantitative estimate of drug-likeness (QED) is 0.757. The number of carbonyl (C=O) groups is 2. The van der Waals surface area contributed by atoms with Gasteiger partial charge in [-0.3, -0.25) is 9.59 Å². The maximum absolute atomic E-state index is 13.7. The number of amides is 1. The van der Waals surface area contributed by atoms with E-state index in [0.717, 1.165) is 4.70 Å². The Bertz CT molecular complexity index is 748. The zero-order valence-electron chi connectivity index (χ0n) is 14.4. The van der Waals surface area contributed by atoms with E-state index < -0.39 is 5.60 Å². The Morgan fingerprint density at radius 1 is 1.29 bits per heavy atom. The molecule has 0 fully saturated rings. The summed E-state index contributed by atoms with van der Waals surface area (Å²) in [5.74, 6) is -0.762. The molecular formula is C18H22FNO3S. The molecule has 130 valence electrons. The molecular weight excluding hydrogens is 329 g/mol. The van der Waals surface area contributed by atoms with E-state index in [-0.39, 0.29) is 24.1 Å². The molecule has 0 N–H and O–H groups in total. The lowest BCUT2D eigenvalue weighted by Gasteiger charge is -2.20. The van der Waals surface area contributed by atoms with Gasteiger partial charge in [-0.15, -0.1) is 11.3 Å². The smallest absolute Gasteiger partial charge is 0.306 e. The third-order valence-electron chi connectivity index (χ3n) is 3.36. The summed E-state index contributed by atoms with van der Waals surface area (Å²) in [6, 6.07) is 6.39. The lowest BCUT2D eigenvalue weighted by Crippen LogP contribution is -2.28. The molecule has 0 spiro atoms. The molecule has 24 heavy (non-hydrogen) atoms. The van der Waals surface area contributed by atoms with Crippen LogP contribution in [0.2, 0.25) is 0 Å². The summed E-state index contributed by atoms with van der Waals surface area (Å²) < 4.78 is 19.7. The summed E-state index contributed by atoms with van der Waals surface area (Å²) in [6.07, 6.45) is 0.784. The first-order valence-corrected chi connectivity index (χ1v) is 8.64. The molecule has 2 aromatic rings. The highest BCUT2D eigenvalue weighted by atomic mass is 32.1. The van der Waals surface area contributed by atoms with Crippen LogP contribution < -0.4 is 0 Å². The normalized spacial score (nSPS) is 11.5. The van der Waals surface area contributed by atoms with Gasteiger partial charge in [-0.1, -0.05) is 6.07 Å². The van der Waals surface area contributed by atoms with Crippen molar-refractivity contribution in [3.63, 3.8) is 0 Å². The molecule has 0 atom stereocenters. The van der Waals surface area contributed by atoms with E-state index in [1.165, 1.54) is 17.4 Å². The van der Waals surface area contributed by atoms with Gasteiger partial charge in [-0.25, -0.2) is 4.39 Å². The number of fused-ring (bicyclic) bond motifs is 1. The van der Waals surface area contributed by atoms with Crippen LogP contribution in [0.5, 0.6) is 0 Å². The number of thiophene rings is 1. The summed E-state index contributed by atoms with van der Waals surface area (Å²) in [6.45, 7) is 5.90. The van der Waals surface area contributed by atoms with Crippen LogP contribution in [0.15, 0.2) is 24.3 Å². The van der Waals surface area contributed by atoms with Crippen LogP contribution in [0, 0.1) is 5.82 Å². The third kappa shape index (κ3) is 4.77. The molecule has 0 saturated heterocycles. The van der Waals surface area contributed by atoms with Crippen molar-refractivity contribution in [1.29, 1.82) is 0 Å². The fourth-order valence-electron chi connectivity index (χ4n) is 2.27. The van der Waals surface area contributed by atoms with Crippen molar-refractivity contribution < 1.29 is 18.7 Å². The van der Waals surface area contributed by atoms with Gasteiger partial charge in [0, 0.05) is 30.1 Å². The van der Waals surface area contributed by atoms with Crippen molar-refractivity contribution in [2.45, 2.75) is 39.2 Å². The molecule has 6 heteroatoms. The SMILES string of the molecule is CN(CCCC(=O)OC(C)(C)C)C(=O)c1cc2c(F)cccc2s1. The molecule has 0 aliphatic heterocycles. The number of halogens is 1. The molecule has 0 radical (unpaired) electrons. The number of ether oxygens (including phenoxy) is 1. The first-order chi connectivity index (χ1) is 11.2. The fraction of sp³-hybridized carbons (Fsp3) is 0.444. The largest absolute Gasteiger partial charge is 0.460 e. The van der Waals surface area contributed by atoms with Crippen molar-refractivity contribution in [3.8, 4) is 0 Å². The Morgan fingerprint density at radius 2 is 2.00 bits per heavy atom. The van der Waals surface area contributed by atoms with E-state index in [2.05, 4.69) is 0 Å². The minimum Gasteiger partial charge on any atom is -0.460 e. The Labute approximate surface area is 145 Å². The van der Waals surface area contributed by atoms with Crippen molar-refractivity contribution in [2.75, 3.05) is 13.6 Å². The van der Waals surface area contributed by atoms with E-state index in [1.54, 1.807) is 30.1 Å². The average molecular weight is 351 g/mol. The van der Waals surface area contributed by atoms with Gasteiger partial charge in [0.05, 0.1) is 4.88 Å². The van der Waals surface area contributed by atoms with Crippen LogP contribution >= 0.6 is 11.3 Å². The van der Waals surface area contributed by atoms with E-state index >= 15 is 0 Å². The molecule has 1 aromatic heterocycles. The van der Waals surface area contributed by atoms with Crippen LogP contribution in [0.1, 0.15) is 43.3 Å². The lowest BCUT2D eigenvalue weighted by molar-refractivity contribution is -0.154. The van der Waals surface area contributed by atoms with E-state index in [1.807, 2.05) is 20.8 Å². The molecule has 1 heterocycles. The minimum atomic E-state index is -0.500. The van der Waals surface area contributed by atoms with Gasteiger partial charge >= 0.3 is 5.97 Å². The summed E-state index contributed by atoms with van der Waals surface area (Å²) in [5.41, 5.74) is -0.500. The third-order valence-corrected chi connectivity index (χ3v) is 4.45.